The smallest absolute Gasteiger partial charge is 0.0406 e. The van der Waals surface area contributed by atoms with Crippen LogP contribution in [-0.4, -0.2) is 6.04 Å². The van der Waals surface area contributed by atoms with Crippen LogP contribution in [0.1, 0.15) is 37.7 Å². The van der Waals surface area contributed by atoms with E-state index >= 15 is 0 Å². The second kappa shape index (κ2) is 5.53. The summed E-state index contributed by atoms with van der Waals surface area (Å²) < 4.78 is 0. The first-order chi connectivity index (χ1) is 7.34. The Balaban J connectivity index is 1.79. The molecule has 0 spiro atoms. The molecule has 0 atom stereocenters. The van der Waals surface area contributed by atoms with Gasteiger partial charge < -0.3 is 5.32 Å². The molecule has 1 aliphatic carbocycles. The molecule has 0 saturated heterocycles. The Kier molecular flexibility index (Phi) is 4.04. The van der Waals surface area contributed by atoms with Gasteiger partial charge >= 0.3 is 0 Å². The van der Waals surface area contributed by atoms with Crippen LogP contribution in [0.4, 0.5) is 0 Å². The van der Waals surface area contributed by atoms with Gasteiger partial charge in [0, 0.05) is 17.6 Å². The van der Waals surface area contributed by atoms with Crippen LogP contribution in [0.5, 0.6) is 0 Å². The highest BCUT2D eigenvalue weighted by Crippen LogP contribution is 2.18. The molecule has 2 rings (SSSR count). The lowest BCUT2D eigenvalue weighted by molar-refractivity contribution is 0.372. The fraction of sp³-hybridized carbons (Fsp3) is 0.538. The zero-order chi connectivity index (χ0) is 10.5. The highest BCUT2D eigenvalue weighted by molar-refractivity contribution is 6.30. The summed E-state index contributed by atoms with van der Waals surface area (Å²) in [5.74, 6) is 0. The van der Waals surface area contributed by atoms with Gasteiger partial charge in [-0.1, -0.05) is 43.0 Å². The fourth-order valence-electron chi connectivity index (χ4n) is 2.17. The van der Waals surface area contributed by atoms with Crippen molar-refractivity contribution < 1.29 is 0 Å². The van der Waals surface area contributed by atoms with E-state index in [4.69, 9.17) is 11.6 Å². The zero-order valence-electron chi connectivity index (χ0n) is 9.01. The Bertz CT molecular complexity index is 288. The highest BCUT2D eigenvalue weighted by Gasteiger charge is 2.11. The van der Waals surface area contributed by atoms with Crippen molar-refractivity contribution in [3.05, 3.63) is 34.9 Å². The van der Waals surface area contributed by atoms with E-state index in [1.165, 1.54) is 37.7 Å². The number of hydrogen-bond acceptors (Lipinski definition) is 1. The molecule has 0 bridgehead atoms. The summed E-state index contributed by atoms with van der Waals surface area (Å²) in [6.07, 6.45) is 6.87. The zero-order valence-corrected chi connectivity index (χ0v) is 9.76. The Morgan fingerprint density at radius 2 is 1.73 bits per heavy atom. The minimum atomic E-state index is 0.731. The summed E-state index contributed by atoms with van der Waals surface area (Å²) >= 11 is 5.84. The quantitative estimate of drug-likeness (QED) is 0.823. The van der Waals surface area contributed by atoms with Gasteiger partial charge in [-0.15, -0.1) is 0 Å². The van der Waals surface area contributed by atoms with Crippen molar-refractivity contribution in [2.24, 2.45) is 0 Å². The molecule has 0 radical (unpaired) electrons. The standard InChI is InChI=1S/C13H18ClN/c14-12-8-6-11(7-9-12)10-15-13-4-2-1-3-5-13/h6-9,13,15H,1-5,10H2. The fourth-order valence-corrected chi connectivity index (χ4v) is 2.30. The molecule has 0 amide bonds. The van der Waals surface area contributed by atoms with E-state index in [2.05, 4.69) is 17.4 Å². The predicted octanol–water partition coefficient (Wildman–Crippen LogP) is 3.76. The Morgan fingerprint density at radius 3 is 2.40 bits per heavy atom. The Hall–Kier alpha value is -0.530. The number of halogens is 1. The average Bonchev–Trinajstić information content (AvgIpc) is 2.30. The number of nitrogens with one attached hydrogen (secondary N) is 1. The normalized spacial score (nSPS) is 17.9. The number of hydrogen-bond donors (Lipinski definition) is 1. The molecule has 1 saturated carbocycles. The van der Waals surface area contributed by atoms with Gasteiger partial charge in [-0.3, -0.25) is 0 Å². The van der Waals surface area contributed by atoms with Gasteiger partial charge in [0.05, 0.1) is 0 Å². The molecule has 1 aromatic rings. The molecule has 1 nitrogen and oxygen atoms in total. The second-order valence-corrected chi connectivity index (χ2v) is 4.78. The van der Waals surface area contributed by atoms with Crippen LogP contribution in [0.15, 0.2) is 24.3 Å². The third-order valence-electron chi connectivity index (χ3n) is 3.11. The van der Waals surface area contributed by atoms with Crippen molar-refractivity contribution in [3.8, 4) is 0 Å². The second-order valence-electron chi connectivity index (χ2n) is 4.34. The lowest BCUT2D eigenvalue weighted by Crippen LogP contribution is -2.30. The van der Waals surface area contributed by atoms with Crippen LogP contribution < -0.4 is 5.32 Å². The third-order valence-corrected chi connectivity index (χ3v) is 3.37. The topological polar surface area (TPSA) is 12.0 Å². The summed E-state index contributed by atoms with van der Waals surface area (Å²) in [6, 6.07) is 8.84. The van der Waals surface area contributed by atoms with Crippen LogP contribution >= 0.6 is 11.6 Å². The molecule has 1 aliphatic rings. The van der Waals surface area contributed by atoms with Crippen molar-refractivity contribution in [3.63, 3.8) is 0 Å². The molecule has 1 fully saturated rings. The molecule has 1 aromatic carbocycles. The molecular formula is C13H18ClN. The summed E-state index contributed by atoms with van der Waals surface area (Å²) in [4.78, 5) is 0. The maximum Gasteiger partial charge on any atom is 0.0406 e. The summed E-state index contributed by atoms with van der Waals surface area (Å²) in [6.45, 7) is 0.974. The summed E-state index contributed by atoms with van der Waals surface area (Å²) in [5.41, 5.74) is 1.32. The molecule has 82 valence electrons. The molecule has 2 heteroatoms. The van der Waals surface area contributed by atoms with Crippen molar-refractivity contribution >= 4 is 11.6 Å². The van der Waals surface area contributed by atoms with Gasteiger partial charge in [0.1, 0.15) is 0 Å². The maximum absolute atomic E-state index is 5.84. The molecule has 0 unspecified atom stereocenters. The van der Waals surface area contributed by atoms with Crippen LogP contribution in [0.25, 0.3) is 0 Å². The van der Waals surface area contributed by atoms with Gasteiger partial charge in [-0.2, -0.15) is 0 Å². The minimum absolute atomic E-state index is 0.731. The average molecular weight is 224 g/mol. The Labute approximate surface area is 96.8 Å². The van der Waals surface area contributed by atoms with E-state index in [0.29, 0.717) is 0 Å². The van der Waals surface area contributed by atoms with E-state index in [1.807, 2.05) is 12.1 Å². The first-order valence-corrected chi connectivity index (χ1v) is 6.20. The molecule has 0 aromatic heterocycles. The van der Waals surface area contributed by atoms with Crippen LogP contribution in [0, 0.1) is 0 Å². The van der Waals surface area contributed by atoms with E-state index in [-0.39, 0.29) is 0 Å². The van der Waals surface area contributed by atoms with Crippen molar-refractivity contribution in [1.82, 2.24) is 5.32 Å². The summed E-state index contributed by atoms with van der Waals surface area (Å²) in [7, 11) is 0. The molecule has 1 N–H and O–H groups in total. The van der Waals surface area contributed by atoms with Gasteiger partial charge in [-0.05, 0) is 30.5 Å². The number of benzene rings is 1. The van der Waals surface area contributed by atoms with Gasteiger partial charge in [0.15, 0.2) is 0 Å². The number of rotatable bonds is 3. The largest absolute Gasteiger partial charge is 0.310 e. The molecule has 0 aliphatic heterocycles. The third kappa shape index (κ3) is 3.51. The molecule has 15 heavy (non-hydrogen) atoms. The maximum atomic E-state index is 5.84. The lowest BCUT2D eigenvalue weighted by Gasteiger charge is -2.22. The summed E-state index contributed by atoms with van der Waals surface area (Å²) in [5, 5.41) is 4.43. The van der Waals surface area contributed by atoms with Crippen LogP contribution in [-0.2, 0) is 6.54 Å². The molecular weight excluding hydrogens is 206 g/mol. The van der Waals surface area contributed by atoms with E-state index in [1.54, 1.807) is 0 Å². The van der Waals surface area contributed by atoms with Crippen LogP contribution in [0.3, 0.4) is 0 Å². The first-order valence-electron chi connectivity index (χ1n) is 5.82. The SMILES string of the molecule is Clc1ccc(CNC2CCCCC2)cc1. The van der Waals surface area contributed by atoms with Crippen molar-refractivity contribution in [2.45, 2.75) is 44.7 Å². The van der Waals surface area contributed by atoms with Gasteiger partial charge in [0.2, 0.25) is 0 Å². The lowest BCUT2D eigenvalue weighted by atomic mass is 9.95. The van der Waals surface area contributed by atoms with E-state index in [9.17, 15) is 0 Å². The van der Waals surface area contributed by atoms with Gasteiger partial charge in [0.25, 0.3) is 0 Å². The van der Waals surface area contributed by atoms with E-state index < -0.39 is 0 Å². The predicted molar refractivity (Wildman–Crippen MR) is 65.2 cm³/mol. The van der Waals surface area contributed by atoms with Gasteiger partial charge in [-0.25, -0.2) is 0 Å². The highest BCUT2D eigenvalue weighted by atomic mass is 35.5. The first kappa shape index (κ1) is 11.0. The molecule has 0 heterocycles. The monoisotopic (exact) mass is 223 g/mol. The van der Waals surface area contributed by atoms with Crippen molar-refractivity contribution in [2.75, 3.05) is 0 Å². The Morgan fingerprint density at radius 1 is 1.07 bits per heavy atom. The van der Waals surface area contributed by atoms with E-state index in [0.717, 1.165) is 17.6 Å². The van der Waals surface area contributed by atoms with Crippen molar-refractivity contribution in [1.29, 1.82) is 0 Å². The van der Waals surface area contributed by atoms with Crippen LogP contribution in [0.2, 0.25) is 5.02 Å². The minimum Gasteiger partial charge on any atom is -0.310 e.